The zero-order valence-corrected chi connectivity index (χ0v) is 10.9. The first-order valence-electron chi connectivity index (χ1n) is 5.94. The molecular weight excluding hydrogens is 254 g/mol. The number of nitrogens with zero attached hydrogens (tertiary/aromatic N) is 2. The van der Waals surface area contributed by atoms with Crippen molar-refractivity contribution in [3.8, 4) is 0 Å². The minimum Gasteiger partial charge on any atom is -0.480 e. The van der Waals surface area contributed by atoms with E-state index in [4.69, 9.17) is 5.11 Å². The van der Waals surface area contributed by atoms with Gasteiger partial charge in [-0.3, -0.25) is 14.5 Å². The maximum absolute atomic E-state index is 11.6. The van der Waals surface area contributed by atoms with Crippen LogP contribution in [0.4, 0.5) is 4.79 Å². The van der Waals surface area contributed by atoms with Crippen molar-refractivity contribution in [2.75, 3.05) is 20.1 Å². The van der Waals surface area contributed by atoms with Gasteiger partial charge >= 0.3 is 12.0 Å². The minimum atomic E-state index is -1.13. The number of carboxylic acid groups (broad SMARTS) is 1. The molecule has 1 heterocycles. The molecule has 19 heavy (non-hydrogen) atoms. The highest BCUT2D eigenvalue weighted by Crippen LogP contribution is 2.07. The van der Waals surface area contributed by atoms with Gasteiger partial charge in [0.05, 0.1) is 0 Å². The van der Waals surface area contributed by atoms with Crippen molar-refractivity contribution < 1.29 is 24.3 Å². The zero-order valence-electron chi connectivity index (χ0n) is 10.9. The van der Waals surface area contributed by atoms with E-state index in [1.807, 2.05) is 0 Å². The Hall–Kier alpha value is -2.12. The first-order chi connectivity index (χ1) is 8.86. The molecular formula is C11H17N3O5. The molecule has 0 saturated carbocycles. The van der Waals surface area contributed by atoms with Gasteiger partial charge in [-0.25, -0.2) is 9.59 Å². The summed E-state index contributed by atoms with van der Waals surface area (Å²) < 4.78 is 0. The van der Waals surface area contributed by atoms with Gasteiger partial charge in [0.1, 0.15) is 19.1 Å². The summed E-state index contributed by atoms with van der Waals surface area (Å²) in [5, 5.41) is 11.2. The van der Waals surface area contributed by atoms with Crippen molar-refractivity contribution in [1.29, 1.82) is 0 Å². The number of likely N-dealkylation sites (N-methyl/N-ethyl adjacent to an activating group) is 1. The van der Waals surface area contributed by atoms with Gasteiger partial charge in [0.25, 0.3) is 5.91 Å². The molecule has 8 heteroatoms. The average molecular weight is 271 g/mol. The largest absolute Gasteiger partial charge is 0.480 e. The van der Waals surface area contributed by atoms with E-state index in [9.17, 15) is 19.2 Å². The smallest absolute Gasteiger partial charge is 0.327 e. The van der Waals surface area contributed by atoms with Gasteiger partial charge in [0.2, 0.25) is 5.91 Å². The number of aliphatic carboxylic acids is 1. The van der Waals surface area contributed by atoms with E-state index in [-0.39, 0.29) is 6.54 Å². The van der Waals surface area contributed by atoms with Crippen LogP contribution in [-0.2, 0) is 14.4 Å². The molecule has 2 N–H and O–H groups in total. The average Bonchev–Trinajstić information content (AvgIpc) is 2.55. The molecule has 106 valence electrons. The molecule has 0 aromatic rings. The molecule has 0 bridgehead atoms. The van der Waals surface area contributed by atoms with Crippen molar-refractivity contribution >= 4 is 23.8 Å². The number of rotatable bonds is 6. The molecule has 1 atom stereocenters. The quantitative estimate of drug-likeness (QED) is 0.618. The Balaban J connectivity index is 2.57. The van der Waals surface area contributed by atoms with Crippen LogP contribution < -0.4 is 5.32 Å². The number of urea groups is 1. The second kappa shape index (κ2) is 6.17. The molecule has 0 spiro atoms. The van der Waals surface area contributed by atoms with E-state index in [1.165, 1.54) is 11.9 Å². The fourth-order valence-electron chi connectivity index (χ4n) is 1.75. The van der Waals surface area contributed by atoms with Crippen molar-refractivity contribution in [2.45, 2.75) is 25.8 Å². The number of amides is 4. The third kappa shape index (κ3) is 3.67. The van der Waals surface area contributed by atoms with E-state index in [2.05, 4.69) is 5.32 Å². The lowest BCUT2D eigenvalue weighted by Crippen LogP contribution is -2.47. The lowest BCUT2D eigenvalue weighted by Gasteiger charge is -2.17. The van der Waals surface area contributed by atoms with Gasteiger partial charge in [-0.2, -0.15) is 0 Å². The Labute approximate surface area is 110 Å². The fourth-order valence-corrected chi connectivity index (χ4v) is 1.75. The summed E-state index contributed by atoms with van der Waals surface area (Å²) in [7, 11) is 1.45. The summed E-state index contributed by atoms with van der Waals surface area (Å²) in [5.74, 6) is -2.26. The summed E-state index contributed by atoms with van der Waals surface area (Å²) >= 11 is 0. The highest BCUT2D eigenvalue weighted by atomic mass is 16.4. The summed E-state index contributed by atoms with van der Waals surface area (Å²) in [6.45, 7) is 1.28. The van der Waals surface area contributed by atoms with Gasteiger partial charge in [-0.05, 0) is 6.42 Å². The van der Waals surface area contributed by atoms with Crippen LogP contribution in [0.1, 0.15) is 19.8 Å². The molecule has 1 fully saturated rings. The Morgan fingerprint density at radius 3 is 2.47 bits per heavy atom. The van der Waals surface area contributed by atoms with E-state index < -0.39 is 36.4 Å². The molecule has 1 aliphatic heterocycles. The number of nitrogens with one attached hydrogen (secondary N) is 1. The van der Waals surface area contributed by atoms with E-state index >= 15 is 0 Å². The van der Waals surface area contributed by atoms with Crippen LogP contribution in [-0.4, -0.2) is 64.9 Å². The second-order valence-electron chi connectivity index (χ2n) is 4.37. The minimum absolute atomic E-state index is 0.0660. The number of carbonyl (C=O) groups excluding carboxylic acids is 3. The van der Waals surface area contributed by atoms with Crippen molar-refractivity contribution in [3.05, 3.63) is 0 Å². The van der Waals surface area contributed by atoms with Crippen LogP contribution in [0.3, 0.4) is 0 Å². The number of imide groups is 1. The summed E-state index contributed by atoms with van der Waals surface area (Å²) in [6, 6.07) is -1.55. The zero-order chi connectivity index (χ0) is 14.6. The molecule has 0 aromatic heterocycles. The van der Waals surface area contributed by atoms with Crippen molar-refractivity contribution in [1.82, 2.24) is 15.1 Å². The summed E-state index contributed by atoms with van der Waals surface area (Å²) in [5.41, 5.74) is 0. The molecule has 0 aromatic carbocycles. The number of hydrogen-bond donors (Lipinski definition) is 2. The fraction of sp³-hybridized carbons (Fsp3) is 0.636. The van der Waals surface area contributed by atoms with Crippen LogP contribution in [0.5, 0.6) is 0 Å². The van der Waals surface area contributed by atoms with Crippen LogP contribution in [0.15, 0.2) is 0 Å². The molecule has 8 nitrogen and oxygen atoms in total. The Morgan fingerprint density at radius 1 is 1.42 bits per heavy atom. The first kappa shape index (κ1) is 14.9. The van der Waals surface area contributed by atoms with Crippen LogP contribution in [0, 0.1) is 0 Å². The van der Waals surface area contributed by atoms with Crippen molar-refractivity contribution in [3.63, 3.8) is 0 Å². The van der Waals surface area contributed by atoms with Gasteiger partial charge < -0.3 is 15.3 Å². The van der Waals surface area contributed by atoms with Gasteiger partial charge in [-0.15, -0.1) is 0 Å². The van der Waals surface area contributed by atoms with Gasteiger partial charge in [-0.1, -0.05) is 13.3 Å². The number of carboxylic acids is 1. The molecule has 1 unspecified atom stereocenters. The Kier molecular flexibility index (Phi) is 4.85. The third-order valence-corrected chi connectivity index (χ3v) is 2.74. The maximum atomic E-state index is 11.6. The Bertz CT molecular complexity index is 409. The SMILES string of the molecule is CCCC(NC(=O)CN1C(=O)CN(C)C1=O)C(=O)O. The topological polar surface area (TPSA) is 107 Å². The van der Waals surface area contributed by atoms with Gasteiger partial charge in [0.15, 0.2) is 0 Å². The van der Waals surface area contributed by atoms with Crippen LogP contribution in [0.2, 0.25) is 0 Å². The first-order valence-corrected chi connectivity index (χ1v) is 5.94. The molecule has 0 radical (unpaired) electrons. The standard InChI is InChI=1S/C11H17N3O5/c1-3-4-7(10(17)18)12-8(15)5-14-9(16)6-13(2)11(14)19/h7H,3-6H2,1-2H3,(H,12,15)(H,17,18). The van der Waals surface area contributed by atoms with Crippen molar-refractivity contribution in [2.24, 2.45) is 0 Å². The lowest BCUT2D eigenvalue weighted by atomic mass is 10.1. The summed E-state index contributed by atoms with van der Waals surface area (Å²) in [6.07, 6.45) is 0.893. The normalized spacial score (nSPS) is 16.7. The molecule has 1 saturated heterocycles. The predicted octanol–water partition coefficient (Wildman–Crippen LogP) is -0.750. The van der Waals surface area contributed by atoms with E-state index in [0.717, 1.165) is 4.90 Å². The second-order valence-corrected chi connectivity index (χ2v) is 4.37. The van der Waals surface area contributed by atoms with E-state index in [1.54, 1.807) is 6.92 Å². The summed E-state index contributed by atoms with van der Waals surface area (Å²) in [4.78, 5) is 47.5. The van der Waals surface area contributed by atoms with E-state index in [0.29, 0.717) is 12.8 Å². The maximum Gasteiger partial charge on any atom is 0.327 e. The lowest BCUT2D eigenvalue weighted by molar-refractivity contribution is -0.142. The van der Waals surface area contributed by atoms with Gasteiger partial charge in [0, 0.05) is 7.05 Å². The monoisotopic (exact) mass is 271 g/mol. The third-order valence-electron chi connectivity index (χ3n) is 2.74. The molecule has 1 aliphatic rings. The highest BCUT2D eigenvalue weighted by Gasteiger charge is 2.35. The van der Waals surface area contributed by atoms with Crippen LogP contribution in [0.25, 0.3) is 0 Å². The number of carbonyl (C=O) groups is 4. The molecule has 4 amide bonds. The number of hydrogen-bond acceptors (Lipinski definition) is 4. The molecule has 0 aliphatic carbocycles. The predicted molar refractivity (Wildman–Crippen MR) is 64.2 cm³/mol. The van der Waals surface area contributed by atoms with Crippen LogP contribution >= 0.6 is 0 Å². The highest BCUT2D eigenvalue weighted by molar-refractivity contribution is 6.04. The molecule has 1 rings (SSSR count). The Morgan fingerprint density at radius 2 is 2.05 bits per heavy atom.